The van der Waals surface area contributed by atoms with Crippen molar-refractivity contribution in [1.82, 2.24) is 15.5 Å². The summed E-state index contributed by atoms with van der Waals surface area (Å²) in [5.74, 6) is -0.350. The van der Waals surface area contributed by atoms with Crippen LogP contribution < -0.4 is 10.6 Å². The van der Waals surface area contributed by atoms with Gasteiger partial charge in [0.25, 0.3) is 0 Å². The number of hydrogen-bond acceptors (Lipinski definition) is 3. The molecule has 6 heteroatoms. The van der Waals surface area contributed by atoms with Crippen LogP contribution in [0.15, 0.2) is 59.1 Å². The molecule has 2 aromatic rings. The van der Waals surface area contributed by atoms with E-state index in [9.17, 15) is 9.59 Å². The standard InChI is InChI=1S/C19H22BrN3O2/c1-3-21-19(25)22-18(24)17(15-7-5-4-6-8-15)23(2)13-14-9-11-16(20)12-10-14/h4-12,17H,3,13H2,1-2H3,(H2,21,22,24,25)/t17-/m1/s1. The fourth-order valence-corrected chi connectivity index (χ4v) is 2.86. The van der Waals surface area contributed by atoms with Gasteiger partial charge in [-0.25, -0.2) is 4.79 Å². The highest BCUT2D eigenvalue weighted by Crippen LogP contribution is 2.22. The van der Waals surface area contributed by atoms with Crippen molar-refractivity contribution in [2.75, 3.05) is 13.6 Å². The second kappa shape index (κ2) is 9.34. The van der Waals surface area contributed by atoms with Gasteiger partial charge < -0.3 is 5.32 Å². The van der Waals surface area contributed by atoms with Crippen LogP contribution in [0.5, 0.6) is 0 Å². The first-order valence-electron chi connectivity index (χ1n) is 8.09. The third-order valence-electron chi connectivity index (χ3n) is 3.72. The summed E-state index contributed by atoms with van der Waals surface area (Å²) in [5.41, 5.74) is 1.92. The number of halogens is 1. The molecule has 0 unspecified atom stereocenters. The van der Waals surface area contributed by atoms with Crippen molar-refractivity contribution < 1.29 is 9.59 Å². The zero-order chi connectivity index (χ0) is 18.2. The van der Waals surface area contributed by atoms with E-state index in [4.69, 9.17) is 0 Å². The van der Waals surface area contributed by atoms with Crippen molar-refractivity contribution in [3.05, 3.63) is 70.2 Å². The van der Waals surface area contributed by atoms with Crippen molar-refractivity contribution in [2.45, 2.75) is 19.5 Å². The Morgan fingerprint density at radius 2 is 1.72 bits per heavy atom. The van der Waals surface area contributed by atoms with Gasteiger partial charge in [-0.3, -0.25) is 15.0 Å². The van der Waals surface area contributed by atoms with E-state index in [2.05, 4.69) is 26.6 Å². The molecule has 2 aromatic carbocycles. The Hall–Kier alpha value is -2.18. The number of carbonyl (C=O) groups excluding carboxylic acids is 2. The van der Waals surface area contributed by atoms with Gasteiger partial charge in [-0.05, 0) is 37.2 Å². The number of benzene rings is 2. The zero-order valence-electron chi connectivity index (χ0n) is 14.3. The molecule has 0 saturated carbocycles. The van der Waals surface area contributed by atoms with Gasteiger partial charge in [0.05, 0.1) is 0 Å². The first-order chi connectivity index (χ1) is 12.0. The Morgan fingerprint density at radius 1 is 1.08 bits per heavy atom. The fraction of sp³-hybridized carbons (Fsp3) is 0.263. The van der Waals surface area contributed by atoms with Crippen molar-refractivity contribution >= 4 is 27.9 Å². The van der Waals surface area contributed by atoms with E-state index >= 15 is 0 Å². The van der Waals surface area contributed by atoms with Crippen LogP contribution >= 0.6 is 15.9 Å². The number of carbonyl (C=O) groups is 2. The number of nitrogens with zero attached hydrogens (tertiary/aromatic N) is 1. The third kappa shape index (κ3) is 5.69. The average molecular weight is 404 g/mol. The minimum Gasteiger partial charge on any atom is -0.338 e. The van der Waals surface area contributed by atoms with Gasteiger partial charge in [0, 0.05) is 17.6 Å². The molecule has 2 rings (SSSR count). The molecule has 0 aliphatic carbocycles. The third-order valence-corrected chi connectivity index (χ3v) is 4.25. The van der Waals surface area contributed by atoms with Gasteiger partial charge in [-0.15, -0.1) is 0 Å². The van der Waals surface area contributed by atoms with E-state index in [1.807, 2.05) is 66.5 Å². The minimum atomic E-state index is -0.563. The molecular formula is C19H22BrN3O2. The number of likely N-dealkylation sites (N-methyl/N-ethyl adjacent to an activating group) is 1. The fourth-order valence-electron chi connectivity index (χ4n) is 2.60. The van der Waals surface area contributed by atoms with E-state index in [0.717, 1.165) is 15.6 Å². The van der Waals surface area contributed by atoms with Crippen LogP contribution in [-0.4, -0.2) is 30.4 Å². The maximum Gasteiger partial charge on any atom is 0.321 e. The maximum atomic E-state index is 12.7. The van der Waals surface area contributed by atoms with E-state index in [0.29, 0.717) is 13.1 Å². The first kappa shape index (κ1) is 19.1. The van der Waals surface area contributed by atoms with Crippen molar-refractivity contribution in [3.8, 4) is 0 Å². The van der Waals surface area contributed by atoms with Crippen LogP contribution in [0.25, 0.3) is 0 Å². The molecule has 132 valence electrons. The van der Waals surface area contributed by atoms with Crippen molar-refractivity contribution in [3.63, 3.8) is 0 Å². The maximum absolute atomic E-state index is 12.7. The van der Waals surface area contributed by atoms with Crippen molar-refractivity contribution in [1.29, 1.82) is 0 Å². The Balaban J connectivity index is 2.20. The predicted molar refractivity (Wildman–Crippen MR) is 102 cm³/mol. The topological polar surface area (TPSA) is 61.4 Å². The monoisotopic (exact) mass is 403 g/mol. The van der Waals surface area contributed by atoms with Gasteiger partial charge >= 0.3 is 6.03 Å². The molecule has 0 fully saturated rings. The van der Waals surface area contributed by atoms with Gasteiger partial charge in [0.1, 0.15) is 6.04 Å². The van der Waals surface area contributed by atoms with Crippen LogP contribution in [0.1, 0.15) is 24.1 Å². The van der Waals surface area contributed by atoms with Crippen LogP contribution in [0.3, 0.4) is 0 Å². The lowest BCUT2D eigenvalue weighted by Gasteiger charge is -2.27. The first-order valence-corrected chi connectivity index (χ1v) is 8.89. The molecule has 2 N–H and O–H groups in total. The lowest BCUT2D eigenvalue weighted by atomic mass is 10.0. The Labute approximate surface area is 156 Å². The van der Waals surface area contributed by atoms with E-state index in [1.165, 1.54) is 0 Å². The molecule has 25 heavy (non-hydrogen) atoms. The van der Waals surface area contributed by atoms with Crippen LogP contribution in [0.2, 0.25) is 0 Å². The molecule has 5 nitrogen and oxygen atoms in total. The molecule has 0 aliphatic heterocycles. The van der Waals surface area contributed by atoms with Gasteiger partial charge in [-0.2, -0.15) is 0 Å². The largest absolute Gasteiger partial charge is 0.338 e. The molecule has 0 bridgehead atoms. The van der Waals surface area contributed by atoms with E-state index in [-0.39, 0.29) is 5.91 Å². The second-order valence-electron chi connectivity index (χ2n) is 5.70. The Kier molecular flexibility index (Phi) is 7.16. The molecule has 0 saturated heterocycles. The summed E-state index contributed by atoms with van der Waals surface area (Å²) in [6.45, 7) is 2.85. The lowest BCUT2D eigenvalue weighted by Crippen LogP contribution is -2.45. The van der Waals surface area contributed by atoms with Gasteiger partial charge in [0.2, 0.25) is 5.91 Å². The summed E-state index contributed by atoms with van der Waals surface area (Å²) in [6.07, 6.45) is 0. The number of imide groups is 1. The number of hydrogen-bond donors (Lipinski definition) is 2. The highest BCUT2D eigenvalue weighted by Gasteiger charge is 2.26. The van der Waals surface area contributed by atoms with Crippen LogP contribution in [-0.2, 0) is 11.3 Å². The molecule has 3 amide bonds. The van der Waals surface area contributed by atoms with E-state index < -0.39 is 12.1 Å². The number of urea groups is 1. The summed E-state index contributed by atoms with van der Waals surface area (Å²) in [4.78, 5) is 26.4. The summed E-state index contributed by atoms with van der Waals surface area (Å²) in [5, 5.41) is 5.00. The smallest absolute Gasteiger partial charge is 0.321 e. The molecule has 0 radical (unpaired) electrons. The van der Waals surface area contributed by atoms with Crippen LogP contribution in [0.4, 0.5) is 4.79 Å². The second-order valence-corrected chi connectivity index (χ2v) is 6.62. The summed E-state index contributed by atoms with van der Waals surface area (Å²) < 4.78 is 1.01. The molecule has 0 heterocycles. The molecule has 0 spiro atoms. The Morgan fingerprint density at radius 3 is 2.32 bits per heavy atom. The quantitative estimate of drug-likeness (QED) is 0.775. The van der Waals surface area contributed by atoms with Crippen molar-refractivity contribution in [2.24, 2.45) is 0 Å². The Bertz CT molecular complexity index is 704. The van der Waals surface area contributed by atoms with Crippen LogP contribution in [0, 0.1) is 0 Å². The highest BCUT2D eigenvalue weighted by atomic mass is 79.9. The molecule has 0 aliphatic rings. The number of nitrogens with one attached hydrogen (secondary N) is 2. The average Bonchev–Trinajstić information content (AvgIpc) is 2.58. The zero-order valence-corrected chi connectivity index (χ0v) is 15.9. The normalized spacial score (nSPS) is 11.8. The van der Waals surface area contributed by atoms with Gasteiger partial charge in [-0.1, -0.05) is 58.4 Å². The number of amides is 3. The molecular weight excluding hydrogens is 382 g/mol. The highest BCUT2D eigenvalue weighted by molar-refractivity contribution is 9.10. The summed E-state index contributed by atoms with van der Waals surface area (Å²) in [7, 11) is 1.87. The van der Waals surface area contributed by atoms with E-state index in [1.54, 1.807) is 6.92 Å². The SMILES string of the molecule is CCNC(=O)NC(=O)[C@@H](c1ccccc1)N(C)Cc1ccc(Br)cc1. The predicted octanol–water partition coefficient (Wildman–Crippen LogP) is 3.47. The lowest BCUT2D eigenvalue weighted by molar-refractivity contribution is -0.125. The minimum absolute atomic E-state index is 0.350. The molecule has 0 aromatic heterocycles. The van der Waals surface area contributed by atoms with Gasteiger partial charge in [0.15, 0.2) is 0 Å². The number of rotatable bonds is 6. The molecule has 1 atom stereocenters. The summed E-state index contributed by atoms with van der Waals surface area (Å²) >= 11 is 3.42. The summed E-state index contributed by atoms with van der Waals surface area (Å²) in [6, 6.07) is 16.3.